The summed E-state index contributed by atoms with van der Waals surface area (Å²) in [6.45, 7) is -0.322. The van der Waals surface area contributed by atoms with Gasteiger partial charge in [-0.3, -0.25) is 0 Å². The van der Waals surface area contributed by atoms with E-state index in [9.17, 15) is 13.2 Å². The normalized spacial score (nSPS) is 19.9. The second-order valence-electron chi connectivity index (χ2n) is 4.31. The van der Waals surface area contributed by atoms with E-state index in [1.807, 2.05) is 0 Å². The fraction of sp³-hybridized carbons (Fsp3) is 0.333. The van der Waals surface area contributed by atoms with E-state index >= 15 is 0 Å². The topological polar surface area (TPSA) is 108 Å². The predicted octanol–water partition coefficient (Wildman–Crippen LogP) is 0.686. The van der Waals surface area contributed by atoms with Crippen LogP contribution in [0.25, 0.3) is 0 Å². The number of nitriles is 1. The van der Waals surface area contributed by atoms with E-state index < -0.39 is 22.1 Å². The second-order valence-corrected chi connectivity index (χ2v) is 6.66. The van der Waals surface area contributed by atoms with Crippen LogP contribution in [0.2, 0.25) is 5.02 Å². The second kappa shape index (κ2) is 5.99. The molecule has 1 unspecified atom stereocenters. The molecular formula is C12H11ClN2O5S. The fourth-order valence-corrected chi connectivity index (χ4v) is 3.76. The summed E-state index contributed by atoms with van der Waals surface area (Å²) in [6, 6.07) is 5.70. The largest absolute Gasteiger partial charge is 0.479 e. The van der Waals surface area contributed by atoms with Crippen molar-refractivity contribution in [1.82, 2.24) is 4.31 Å². The number of carboxylic acid groups (broad SMARTS) is 1. The summed E-state index contributed by atoms with van der Waals surface area (Å²) in [4.78, 5) is 10.7. The third kappa shape index (κ3) is 3.16. The van der Waals surface area contributed by atoms with Crippen LogP contribution >= 0.6 is 11.6 Å². The number of nitrogens with zero attached hydrogens (tertiary/aromatic N) is 2. The van der Waals surface area contributed by atoms with Crippen LogP contribution in [0.5, 0.6) is 0 Å². The van der Waals surface area contributed by atoms with Crippen LogP contribution in [0.15, 0.2) is 23.1 Å². The van der Waals surface area contributed by atoms with E-state index in [1.165, 1.54) is 18.2 Å². The summed E-state index contributed by atoms with van der Waals surface area (Å²) >= 11 is 5.79. The summed E-state index contributed by atoms with van der Waals surface area (Å²) < 4.78 is 31.1. The van der Waals surface area contributed by atoms with Gasteiger partial charge in [0, 0.05) is 11.6 Å². The van der Waals surface area contributed by atoms with Crippen molar-refractivity contribution in [1.29, 1.82) is 5.26 Å². The maximum atomic E-state index is 12.6. The molecule has 0 saturated carbocycles. The Hall–Kier alpha value is -1.66. The summed E-state index contributed by atoms with van der Waals surface area (Å²) in [5, 5.41) is 18.1. The lowest BCUT2D eigenvalue weighted by molar-refractivity contribution is -0.153. The van der Waals surface area contributed by atoms with Crippen molar-refractivity contribution in [2.75, 3.05) is 19.7 Å². The number of carbonyl (C=O) groups is 1. The van der Waals surface area contributed by atoms with E-state index in [1.54, 1.807) is 6.07 Å². The number of carboxylic acids is 1. The number of sulfonamides is 1. The van der Waals surface area contributed by atoms with Gasteiger partial charge in [-0.25, -0.2) is 13.2 Å². The lowest BCUT2D eigenvalue weighted by atomic mass is 10.2. The van der Waals surface area contributed by atoms with Crippen molar-refractivity contribution in [3.05, 3.63) is 28.8 Å². The van der Waals surface area contributed by atoms with Crippen LogP contribution in [0.4, 0.5) is 0 Å². The SMILES string of the molecule is N#Cc1ccc(Cl)cc1S(=O)(=O)N1CCOC(C(=O)O)C1. The monoisotopic (exact) mass is 330 g/mol. The Morgan fingerprint density at radius 1 is 1.52 bits per heavy atom. The Bertz CT molecular complexity index is 713. The third-order valence-electron chi connectivity index (χ3n) is 2.99. The van der Waals surface area contributed by atoms with Gasteiger partial charge in [0.2, 0.25) is 10.0 Å². The first kappa shape index (κ1) is 15.7. The van der Waals surface area contributed by atoms with Crippen molar-refractivity contribution in [3.63, 3.8) is 0 Å². The molecule has 1 aromatic carbocycles. The van der Waals surface area contributed by atoms with Gasteiger partial charge in [0.1, 0.15) is 11.0 Å². The van der Waals surface area contributed by atoms with Gasteiger partial charge in [-0.05, 0) is 18.2 Å². The summed E-state index contributed by atoms with van der Waals surface area (Å²) in [5.41, 5.74) is -0.0437. The molecule has 1 N–H and O–H groups in total. The molecule has 112 valence electrons. The van der Waals surface area contributed by atoms with Crippen molar-refractivity contribution >= 4 is 27.6 Å². The molecule has 0 bridgehead atoms. The van der Waals surface area contributed by atoms with Gasteiger partial charge in [0.25, 0.3) is 0 Å². The van der Waals surface area contributed by atoms with Crippen molar-refractivity contribution in [2.45, 2.75) is 11.0 Å². The van der Waals surface area contributed by atoms with Crippen LogP contribution in [0.1, 0.15) is 5.56 Å². The van der Waals surface area contributed by atoms with Crippen LogP contribution < -0.4 is 0 Å². The molecule has 0 spiro atoms. The molecule has 1 heterocycles. The number of benzene rings is 1. The molecule has 1 aliphatic rings. The zero-order chi connectivity index (χ0) is 15.6. The Morgan fingerprint density at radius 2 is 2.24 bits per heavy atom. The molecule has 9 heteroatoms. The Labute approximate surface area is 126 Å². The summed E-state index contributed by atoms with van der Waals surface area (Å²) in [6.07, 6.45) is -1.22. The molecule has 0 radical (unpaired) electrons. The van der Waals surface area contributed by atoms with Crippen LogP contribution in [0, 0.1) is 11.3 Å². The minimum absolute atomic E-state index is 0.0174. The minimum atomic E-state index is -4.01. The van der Waals surface area contributed by atoms with E-state index in [-0.39, 0.29) is 35.2 Å². The lowest BCUT2D eigenvalue weighted by Crippen LogP contribution is -2.48. The number of morpholine rings is 1. The van der Waals surface area contributed by atoms with E-state index in [0.29, 0.717) is 0 Å². The van der Waals surface area contributed by atoms with Crippen LogP contribution in [-0.4, -0.2) is 49.6 Å². The van der Waals surface area contributed by atoms with Crippen LogP contribution in [0.3, 0.4) is 0 Å². The summed E-state index contributed by atoms with van der Waals surface area (Å²) in [7, 11) is -4.01. The zero-order valence-electron chi connectivity index (χ0n) is 10.7. The highest BCUT2D eigenvalue weighted by atomic mass is 35.5. The van der Waals surface area contributed by atoms with Gasteiger partial charge in [-0.15, -0.1) is 0 Å². The third-order valence-corrected chi connectivity index (χ3v) is 5.13. The van der Waals surface area contributed by atoms with Gasteiger partial charge in [-0.2, -0.15) is 9.57 Å². The highest BCUT2D eigenvalue weighted by Gasteiger charge is 2.35. The summed E-state index contributed by atoms with van der Waals surface area (Å²) in [5.74, 6) is -1.23. The number of rotatable bonds is 3. The first-order valence-corrected chi connectivity index (χ1v) is 7.72. The Kier molecular flexibility index (Phi) is 4.49. The molecular weight excluding hydrogens is 320 g/mol. The first-order chi connectivity index (χ1) is 9.86. The van der Waals surface area contributed by atoms with Gasteiger partial charge in [0.15, 0.2) is 6.10 Å². The van der Waals surface area contributed by atoms with Gasteiger partial charge >= 0.3 is 5.97 Å². The highest BCUT2D eigenvalue weighted by molar-refractivity contribution is 7.89. The predicted molar refractivity (Wildman–Crippen MR) is 72.3 cm³/mol. The number of ether oxygens (including phenoxy) is 1. The molecule has 0 aliphatic carbocycles. The standard InChI is InChI=1S/C12H11ClN2O5S/c13-9-2-1-8(6-14)11(5-9)21(18,19)15-3-4-20-10(7-15)12(16)17/h1-2,5,10H,3-4,7H2,(H,16,17). The highest BCUT2D eigenvalue weighted by Crippen LogP contribution is 2.25. The number of hydrogen-bond donors (Lipinski definition) is 1. The van der Waals surface area contributed by atoms with Gasteiger partial charge in [0.05, 0.1) is 18.7 Å². The van der Waals surface area contributed by atoms with E-state index in [2.05, 4.69) is 0 Å². The number of hydrogen-bond acceptors (Lipinski definition) is 5. The molecule has 1 atom stereocenters. The first-order valence-electron chi connectivity index (χ1n) is 5.90. The molecule has 0 aromatic heterocycles. The van der Waals surface area contributed by atoms with Gasteiger partial charge in [-0.1, -0.05) is 11.6 Å². The van der Waals surface area contributed by atoms with Crippen LogP contribution in [-0.2, 0) is 19.6 Å². The molecule has 0 amide bonds. The molecule has 7 nitrogen and oxygen atoms in total. The van der Waals surface area contributed by atoms with Gasteiger partial charge < -0.3 is 9.84 Å². The minimum Gasteiger partial charge on any atom is -0.479 e. The number of aliphatic carboxylic acids is 1. The van der Waals surface area contributed by atoms with Crippen molar-refractivity contribution in [2.24, 2.45) is 0 Å². The van der Waals surface area contributed by atoms with E-state index in [0.717, 1.165) is 4.31 Å². The molecule has 1 aliphatic heterocycles. The maximum absolute atomic E-state index is 12.6. The average molecular weight is 331 g/mol. The molecule has 21 heavy (non-hydrogen) atoms. The Balaban J connectivity index is 2.41. The maximum Gasteiger partial charge on any atom is 0.334 e. The zero-order valence-corrected chi connectivity index (χ0v) is 12.3. The quantitative estimate of drug-likeness (QED) is 0.873. The lowest BCUT2D eigenvalue weighted by Gasteiger charge is -2.30. The fourth-order valence-electron chi connectivity index (χ4n) is 1.93. The average Bonchev–Trinajstić information content (AvgIpc) is 2.47. The molecule has 1 aromatic rings. The molecule has 1 saturated heterocycles. The van der Waals surface area contributed by atoms with Crippen molar-refractivity contribution in [3.8, 4) is 6.07 Å². The smallest absolute Gasteiger partial charge is 0.334 e. The number of halogens is 1. The van der Waals surface area contributed by atoms with Crippen molar-refractivity contribution < 1.29 is 23.1 Å². The molecule has 2 rings (SSSR count). The molecule has 1 fully saturated rings. The van der Waals surface area contributed by atoms with E-state index in [4.69, 9.17) is 26.7 Å². The Morgan fingerprint density at radius 3 is 2.86 bits per heavy atom.